The van der Waals surface area contributed by atoms with Crippen molar-refractivity contribution in [3.05, 3.63) is 33.9 Å². The molecule has 0 amide bonds. The molecule has 5 atom stereocenters. The van der Waals surface area contributed by atoms with Gasteiger partial charge in [-0.25, -0.2) is 4.79 Å². The Morgan fingerprint density at radius 1 is 1.00 bits per heavy atom. The number of ether oxygens (including phenoxy) is 6. The van der Waals surface area contributed by atoms with Crippen LogP contribution in [0.1, 0.15) is 26.3 Å². The molecule has 0 saturated carbocycles. The second-order valence-corrected chi connectivity index (χ2v) is 7.01. The quantitative estimate of drug-likeness (QED) is 0.227. The molecule has 1 saturated heterocycles. The highest BCUT2D eigenvalue weighted by molar-refractivity contribution is 5.77. The Hall–Kier alpha value is -3.78. The number of aliphatic hydroxyl groups excluding tert-OH is 1. The number of carbonyl (C=O) groups excluding carboxylic acids is 4. The van der Waals surface area contributed by atoms with Gasteiger partial charge in [-0.2, -0.15) is 0 Å². The average molecular weight is 485 g/mol. The fourth-order valence-corrected chi connectivity index (χ4v) is 3.20. The van der Waals surface area contributed by atoms with Crippen LogP contribution in [0.5, 0.6) is 5.75 Å². The van der Waals surface area contributed by atoms with E-state index in [0.29, 0.717) is 0 Å². The third kappa shape index (κ3) is 6.39. The molecule has 1 aromatic rings. The molecule has 1 heterocycles. The normalized spacial score (nSPS) is 23.9. The molecule has 1 aromatic carbocycles. The van der Waals surface area contributed by atoms with Crippen LogP contribution in [0.3, 0.4) is 0 Å². The van der Waals surface area contributed by atoms with Gasteiger partial charge >= 0.3 is 29.6 Å². The van der Waals surface area contributed by atoms with Gasteiger partial charge in [0, 0.05) is 26.8 Å². The first-order valence-corrected chi connectivity index (χ1v) is 9.78. The van der Waals surface area contributed by atoms with Crippen LogP contribution in [0.2, 0.25) is 0 Å². The molecule has 186 valence electrons. The first kappa shape index (κ1) is 26.5. The van der Waals surface area contributed by atoms with Gasteiger partial charge in [-0.1, -0.05) is 6.07 Å². The Bertz CT molecular complexity index is 962. The number of rotatable bonds is 8. The molecule has 14 nitrogen and oxygen atoms in total. The minimum Gasteiger partial charge on any atom is -0.467 e. The van der Waals surface area contributed by atoms with Crippen molar-refractivity contribution in [1.82, 2.24) is 0 Å². The average Bonchev–Trinajstić information content (AvgIpc) is 2.76. The lowest BCUT2D eigenvalue weighted by Crippen LogP contribution is -2.64. The maximum atomic E-state index is 12.4. The van der Waals surface area contributed by atoms with Crippen molar-refractivity contribution < 1.29 is 57.6 Å². The Kier molecular flexibility index (Phi) is 8.86. The summed E-state index contributed by atoms with van der Waals surface area (Å²) in [5.74, 6) is -4.08. The van der Waals surface area contributed by atoms with Gasteiger partial charge in [-0.05, 0) is 11.6 Å². The zero-order valence-corrected chi connectivity index (χ0v) is 18.6. The first-order chi connectivity index (χ1) is 16.0. The van der Waals surface area contributed by atoms with Crippen LogP contribution in [0.25, 0.3) is 0 Å². The number of esters is 4. The van der Waals surface area contributed by atoms with E-state index in [4.69, 9.17) is 23.7 Å². The summed E-state index contributed by atoms with van der Waals surface area (Å²) in [7, 11) is 1.02. The van der Waals surface area contributed by atoms with Crippen molar-refractivity contribution >= 4 is 29.6 Å². The van der Waals surface area contributed by atoms with E-state index >= 15 is 0 Å². The summed E-state index contributed by atoms with van der Waals surface area (Å²) in [5, 5.41) is 20.8. The fraction of sp³-hybridized carbons (Fsp3) is 0.500. The first-order valence-electron chi connectivity index (χ1n) is 9.78. The Labute approximate surface area is 192 Å². The molecule has 1 aliphatic heterocycles. The molecule has 14 heteroatoms. The van der Waals surface area contributed by atoms with Crippen LogP contribution in [0, 0.1) is 10.1 Å². The molecule has 0 aromatic heterocycles. The third-order valence-corrected chi connectivity index (χ3v) is 4.48. The van der Waals surface area contributed by atoms with Gasteiger partial charge in [0.1, 0.15) is 0 Å². The van der Waals surface area contributed by atoms with Crippen LogP contribution >= 0.6 is 0 Å². The minimum absolute atomic E-state index is 0.209. The van der Waals surface area contributed by atoms with E-state index in [9.17, 15) is 34.4 Å². The zero-order chi connectivity index (χ0) is 25.6. The second kappa shape index (κ2) is 11.4. The fourth-order valence-electron chi connectivity index (χ4n) is 3.20. The van der Waals surface area contributed by atoms with Crippen molar-refractivity contribution in [3.8, 4) is 5.75 Å². The van der Waals surface area contributed by atoms with Crippen LogP contribution < -0.4 is 4.74 Å². The molecular weight excluding hydrogens is 462 g/mol. The summed E-state index contributed by atoms with van der Waals surface area (Å²) in [6.45, 7) is 2.58. The largest absolute Gasteiger partial charge is 0.467 e. The molecule has 0 radical (unpaired) electrons. The molecule has 0 spiro atoms. The van der Waals surface area contributed by atoms with Crippen molar-refractivity contribution in [1.29, 1.82) is 0 Å². The number of carbonyl (C=O) groups is 4. The number of nitro benzene ring substituents is 1. The lowest BCUT2D eigenvalue weighted by atomic mass is 9.97. The standard InChI is InChI=1S/C20H23NO13/c1-9(23)30-15-16(31-10(2)24)18(32-11(3)25)20(34-17(15)19(26)29-4)33-14-6-5-12(8-22)7-13(14)21(27)28/h5-7,15-18,20,22H,8H2,1-4H3/t15-,16?,17-,18+,20+/m0/s1. The van der Waals surface area contributed by atoms with Crippen molar-refractivity contribution in [3.63, 3.8) is 0 Å². The molecule has 0 aliphatic carbocycles. The van der Waals surface area contributed by atoms with E-state index in [1.54, 1.807) is 0 Å². The van der Waals surface area contributed by atoms with Crippen LogP contribution in [0.15, 0.2) is 18.2 Å². The monoisotopic (exact) mass is 485 g/mol. The Morgan fingerprint density at radius 3 is 2.06 bits per heavy atom. The molecule has 2 rings (SSSR count). The predicted octanol–water partition coefficient (Wildman–Crippen LogP) is 0.159. The van der Waals surface area contributed by atoms with Crippen molar-refractivity contribution in [2.24, 2.45) is 0 Å². The predicted molar refractivity (Wildman–Crippen MR) is 107 cm³/mol. The highest BCUT2D eigenvalue weighted by Crippen LogP contribution is 2.35. The summed E-state index contributed by atoms with van der Waals surface area (Å²) in [6.07, 6.45) is -8.30. The second-order valence-electron chi connectivity index (χ2n) is 7.01. The van der Waals surface area contributed by atoms with E-state index in [1.807, 2.05) is 0 Å². The molecule has 34 heavy (non-hydrogen) atoms. The van der Waals surface area contributed by atoms with Gasteiger partial charge in [0.05, 0.1) is 18.6 Å². The summed E-state index contributed by atoms with van der Waals surface area (Å²) < 4.78 is 31.3. The summed E-state index contributed by atoms with van der Waals surface area (Å²) in [5.41, 5.74) is -0.363. The Morgan fingerprint density at radius 2 is 1.56 bits per heavy atom. The SMILES string of the molecule is COC(=O)[C@H]1O[C@@H](Oc2ccc(CO)cc2[N+](=O)[O-])[C@H](OC(C)=O)C(OC(C)=O)[C@@H]1OC(C)=O. The van der Waals surface area contributed by atoms with E-state index in [1.165, 1.54) is 6.07 Å². The maximum absolute atomic E-state index is 12.4. The molecule has 1 N–H and O–H groups in total. The topological polar surface area (TPSA) is 187 Å². The van der Waals surface area contributed by atoms with Crippen LogP contribution in [0.4, 0.5) is 5.69 Å². The van der Waals surface area contributed by atoms with Gasteiger partial charge in [0.15, 0.2) is 24.1 Å². The minimum atomic E-state index is -1.75. The van der Waals surface area contributed by atoms with E-state index < -0.39 is 71.8 Å². The van der Waals surface area contributed by atoms with E-state index in [2.05, 4.69) is 4.74 Å². The number of aliphatic hydroxyl groups is 1. The highest BCUT2D eigenvalue weighted by atomic mass is 16.7. The number of hydrogen-bond donors (Lipinski definition) is 1. The number of methoxy groups -OCH3 is 1. The highest BCUT2D eigenvalue weighted by Gasteiger charge is 2.56. The van der Waals surface area contributed by atoms with Gasteiger partial charge in [0.25, 0.3) is 0 Å². The summed E-state index contributed by atoms with van der Waals surface area (Å²) in [6, 6.07) is 3.53. The molecule has 1 aliphatic rings. The molecular formula is C20H23NO13. The van der Waals surface area contributed by atoms with Crippen molar-refractivity contribution in [2.45, 2.75) is 58.1 Å². The van der Waals surface area contributed by atoms with Crippen LogP contribution in [-0.2, 0) is 49.5 Å². The number of hydrogen-bond acceptors (Lipinski definition) is 13. The van der Waals surface area contributed by atoms with Crippen LogP contribution in [-0.4, -0.2) is 71.7 Å². The van der Waals surface area contributed by atoms with E-state index in [0.717, 1.165) is 40.0 Å². The number of benzene rings is 1. The molecule has 1 fully saturated rings. The van der Waals surface area contributed by atoms with Crippen molar-refractivity contribution in [2.75, 3.05) is 7.11 Å². The summed E-state index contributed by atoms with van der Waals surface area (Å²) >= 11 is 0. The molecule has 0 bridgehead atoms. The number of nitrogens with zero attached hydrogens (tertiary/aromatic N) is 1. The van der Waals surface area contributed by atoms with Gasteiger partial charge < -0.3 is 33.5 Å². The van der Waals surface area contributed by atoms with Gasteiger partial charge in [-0.3, -0.25) is 24.5 Å². The third-order valence-electron chi connectivity index (χ3n) is 4.48. The summed E-state index contributed by atoms with van der Waals surface area (Å²) in [4.78, 5) is 58.4. The smallest absolute Gasteiger partial charge is 0.339 e. The molecule has 1 unspecified atom stereocenters. The van der Waals surface area contributed by atoms with Gasteiger partial charge in [0.2, 0.25) is 12.4 Å². The lowest BCUT2D eigenvalue weighted by Gasteiger charge is -2.42. The van der Waals surface area contributed by atoms with E-state index in [-0.39, 0.29) is 11.3 Å². The lowest BCUT2D eigenvalue weighted by molar-refractivity contribution is -0.387. The number of nitro groups is 1. The van der Waals surface area contributed by atoms with Gasteiger partial charge in [-0.15, -0.1) is 0 Å². The Balaban J connectivity index is 2.58. The zero-order valence-electron chi connectivity index (χ0n) is 18.6. The maximum Gasteiger partial charge on any atom is 0.339 e.